The summed E-state index contributed by atoms with van der Waals surface area (Å²) in [5, 5.41) is 0. The number of halogens is 3. The van der Waals surface area contributed by atoms with Gasteiger partial charge in [-0.25, -0.2) is 13.2 Å². The van der Waals surface area contributed by atoms with E-state index >= 15 is 0 Å². The van der Waals surface area contributed by atoms with Gasteiger partial charge in [0.25, 0.3) is 0 Å². The van der Waals surface area contributed by atoms with Gasteiger partial charge in [-0.15, -0.1) is 0 Å². The standard InChI is InChI=1S/C12H14F3N/c13-8-5-9(14)11(10(15)6-8)12(7-16)3-1-2-4-12/h5-6H,1-4,7,16H2. The van der Waals surface area contributed by atoms with Crippen LogP contribution in [0.5, 0.6) is 0 Å². The van der Waals surface area contributed by atoms with Gasteiger partial charge in [-0.2, -0.15) is 0 Å². The number of rotatable bonds is 2. The Hall–Kier alpha value is -1.03. The summed E-state index contributed by atoms with van der Waals surface area (Å²) in [5.41, 5.74) is 4.98. The number of hydrogen-bond donors (Lipinski definition) is 1. The van der Waals surface area contributed by atoms with Gasteiger partial charge in [0.05, 0.1) is 0 Å². The van der Waals surface area contributed by atoms with Crippen LogP contribution in [-0.2, 0) is 5.41 Å². The lowest BCUT2D eigenvalue weighted by Gasteiger charge is -2.28. The highest BCUT2D eigenvalue weighted by Crippen LogP contribution is 2.42. The summed E-state index contributed by atoms with van der Waals surface area (Å²) in [5.74, 6) is -2.52. The number of hydrogen-bond acceptors (Lipinski definition) is 1. The summed E-state index contributed by atoms with van der Waals surface area (Å²) in [6.45, 7) is 0.201. The van der Waals surface area contributed by atoms with Crippen molar-refractivity contribution in [1.82, 2.24) is 0 Å². The average molecular weight is 229 g/mol. The molecule has 0 spiro atoms. The van der Waals surface area contributed by atoms with E-state index < -0.39 is 22.9 Å². The second kappa shape index (κ2) is 4.09. The Morgan fingerprint density at radius 3 is 2.00 bits per heavy atom. The van der Waals surface area contributed by atoms with Crippen molar-refractivity contribution in [3.63, 3.8) is 0 Å². The fourth-order valence-corrected chi connectivity index (χ4v) is 2.66. The smallest absolute Gasteiger partial charge is 0.132 e. The normalized spacial score (nSPS) is 19.0. The zero-order valence-electron chi connectivity index (χ0n) is 8.90. The van der Waals surface area contributed by atoms with E-state index in [0.29, 0.717) is 12.8 Å². The summed E-state index contributed by atoms with van der Waals surface area (Å²) < 4.78 is 40.1. The van der Waals surface area contributed by atoms with Crippen LogP contribution < -0.4 is 5.73 Å². The van der Waals surface area contributed by atoms with E-state index in [1.165, 1.54) is 0 Å². The van der Waals surface area contributed by atoms with Gasteiger partial charge < -0.3 is 5.73 Å². The molecule has 1 saturated carbocycles. The van der Waals surface area contributed by atoms with E-state index in [-0.39, 0.29) is 12.1 Å². The first-order valence-corrected chi connectivity index (χ1v) is 5.44. The van der Waals surface area contributed by atoms with Gasteiger partial charge in [0, 0.05) is 29.7 Å². The second-order valence-electron chi connectivity index (χ2n) is 4.44. The van der Waals surface area contributed by atoms with E-state index in [4.69, 9.17) is 5.73 Å². The highest BCUT2D eigenvalue weighted by molar-refractivity contribution is 5.31. The van der Waals surface area contributed by atoms with Crippen LogP contribution in [0.4, 0.5) is 13.2 Å². The van der Waals surface area contributed by atoms with Crippen LogP contribution in [0, 0.1) is 17.5 Å². The fraction of sp³-hybridized carbons (Fsp3) is 0.500. The van der Waals surface area contributed by atoms with Crippen LogP contribution in [0.25, 0.3) is 0 Å². The molecule has 4 heteroatoms. The van der Waals surface area contributed by atoms with Crippen LogP contribution in [0.15, 0.2) is 12.1 Å². The zero-order valence-corrected chi connectivity index (χ0v) is 8.90. The van der Waals surface area contributed by atoms with E-state index in [9.17, 15) is 13.2 Å². The monoisotopic (exact) mass is 229 g/mol. The van der Waals surface area contributed by atoms with Gasteiger partial charge >= 0.3 is 0 Å². The summed E-state index contributed by atoms with van der Waals surface area (Å²) in [6, 6.07) is 1.46. The molecule has 2 N–H and O–H groups in total. The Labute approximate surface area is 92.5 Å². The molecule has 1 aromatic rings. The lowest BCUT2D eigenvalue weighted by Crippen LogP contribution is -2.34. The summed E-state index contributed by atoms with van der Waals surface area (Å²) >= 11 is 0. The highest BCUT2D eigenvalue weighted by Gasteiger charge is 2.38. The maximum atomic E-state index is 13.7. The minimum Gasteiger partial charge on any atom is -0.330 e. The van der Waals surface area contributed by atoms with Gasteiger partial charge in [0.2, 0.25) is 0 Å². The van der Waals surface area contributed by atoms with Crippen molar-refractivity contribution in [3.05, 3.63) is 35.1 Å². The van der Waals surface area contributed by atoms with Crippen molar-refractivity contribution in [2.24, 2.45) is 5.73 Å². The summed E-state index contributed by atoms with van der Waals surface area (Å²) in [7, 11) is 0. The first-order chi connectivity index (χ1) is 7.59. The first-order valence-electron chi connectivity index (χ1n) is 5.44. The van der Waals surface area contributed by atoms with Crippen molar-refractivity contribution in [1.29, 1.82) is 0 Å². The Morgan fingerprint density at radius 1 is 1.06 bits per heavy atom. The molecule has 0 aliphatic heterocycles. The number of nitrogens with two attached hydrogens (primary N) is 1. The highest BCUT2D eigenvalue weighted by atomic mass is 19.1. The molecule has 88 valence electrons. The molecular formula is C12H14F3N. The third-order valence-corrected chi connectivity index (χ3v) is 3.49. The molecule has 2 rings (SSSR count). The maximum absolute atomic E-state index is 13.7. The van der Waals surface area contributed by atoms with E-state index in [2.05, 4.69) is 0 Å². The van der Waals surface area contributed by atoms with Crippen molar-refractivity contribution < 1.29 is 13.2 Å². The average Bonchev–Trinajstić information content (AvgIpc) is 2.66. The third-order valence-electron chi connectivity index (χ3n) is 3.49. The predicted molar refractivity (Wildman–Crippen MR) is 55.5 cm³/mol. The zero-order chi connectivity index (χ0) is 11.8. The van der Waals surface area contributed by atoms with Crippen LogP contribution in [-0.4, -0.2) is 6.54 Å². The predicted octanol–water partition coefficient (Wildman–Crippen LogP) is 2.87. The molecule has 0 radical (unpaired) electrons. The lowest BCUT2D eigenvalue weighted by molar-refractivity contribution is 0.395. The summed E-state index contributed by atoms with van der Waals surface area (Å²) in [6.07, 6.45) is 3.16. The molecule has 1 aliphatic rings. The number of benzene rings is 1. The van der Waals surface area contributed by atoms with E-state index in [0.717, 1.165) is 25.0 Å². The van der Waals surface area contributed by atoms with Crippen molar-refractivity contribution in [3.8, 4) is 0 Å². The molecule has 0 bridgehead atoms. The fourth-order valence-electron chi connectivity index (χ4n) is 2.66. The minimum absolute atomic E-state index is 0.0334. The quantitative estimate of drug-likeness (QED) is 0.829. The van der Waals surface area contributed by atoms with E-state index in [1.807, 2.05) is 0 Å². The Kier molecular flexibility index (Phi) is 2.93. The molecule has 1 aliphatic carbocycles. The molecule has 0 heterocycles. The van der Waals surface area contributed by atoms with Gasteiger partial charge in [-0.1, -0.05) is 12.8 Å². The Bertz CT molecular complexity index is 374. The van der Waals surface area contributed by atoms with Crippen molar-refractivity contribution >= 4 is 0 Å². The van der Waals surface area contributed by atoms with Crippen LogP contribution in [0.1, 0.15) is 31.2 Å². The molecule has 0 amide bonds. The van der Waals surface area contributed by atoms with Crippen LogP contribution in [0.2, 0.25) is 0 Å². The largest absolute Gasteiger partial charge is 0.330 e. The van der Waals surface area contributed by atoms with Gasteiger partial charge in [0.1, 0.15) is 17.5 Å². The molecule has 0 unspecified atom stereocenters. The van der Waals surface area contributed by atoms with E-state index in [1.54, 1.807) is 0 Å². The summed E-state index contributed by atoms with van der Waals surface area (Å²) in [4.78, 5) is 0. The molecular weight excluding hydrogens is 215 g/mol. The second-order valence-corrected chi connectivity index (χ2v) is 4.44. The van der Waals surface area contributed by atoms with Crippen molar-refractivity contribution in [2.75, 3.05) is 6.54 Å². The lowest BCUT2D eigenvalue weighted by atomic mass is 9.78. The molecule has 0 atom stereocenters. The SMILES string of the molecule is NCC1(c2c(F)cc(F)cc2F)CCCC1. The van der Waals surface area contributed by atoms with Gasteiger partial charge in [0.15, 0.2) is 0 Å². The first kappa shape index (κ1) is 11.5. The molecule has 16 heavy (non-hydrogen) atoms. The van der Waals surface area contributed by atoms with Crippen molar-refractivity contribution in [2.45, 2.75) is 31.1 Å². The molecule has 1 nitrogen and oxygen atoms in total. The minimum atomic E-state index is -0.885. The third kappa shape index (κ3) is 1.71. The van der Waals surface area contributed by atoms with Crippen LogP contribution >= 0.6 is 0 Å². The Morgan fingerprint density at radius 2 is 1.56 bits per heavy atom. The topological polar surface area (TPSA) is 26.0 Å². The molecule has 1 aromatic carbocycles. The molecule has 0 aromatic heterocycles. The maximum Gasteiger partial charge on any atom is 0.132 e. The molecule has 1 fully saturated rings. The van der Waals surface area contributed by atoms with Crippen LogP contribution in [0.3, 0.4) is 0 Å². The Balaban J connectivity index is 2.54. The molecule has 0 saturated heterocycles. The van der Waals surface area contributed by atoms with Gasteiger partial charge in [-0.05, 0) is 12.8 Å². The van der Waals surface area contributed by atoms with Gasteiger partial charge in [-0.3, -0.25) is 0 Å².